The normalized spacial score (nSPS) is 13.0. The lowest BCUT2D eigenvalue weighted by Crippen LogP contribution is -1.77. The van der Waals surface area contributed by atoms with E-state index in [2.05, 4.69) is 30.1 Å². The van der Waals surface area contributed by atoms with E-state index in [4.69, 9.17) is 5.26 Å². The van der Waals surface area contributed by atoms with E-state index in [-0.39, 0.29) is 0 Å². The third-order valence-corrected chi connectivity index (χ3v) is 2.36. The van der Waals surface area contributed by atoms with Crippen molar-refractivity contribution < 1.29 is 0 Å². The standard InChI is InChI=1S/C16H11N/c17-13-16-11-9-15(10-12-16)8-7-14-5-3-1-2-4-6-14/h1-3,5-6,9-12H,4H2. The van der Waals surface area contributed by atoms with Crippen LogP contribution in [0.2, 0.25) is 0 Å². The van der Waals surface area contributed by atoms with Crippen molar-refractivity contribution in [2.24, 2.45) is 0 Å². The zero-order valence-electron chi connectivity index (χ0n) is 9.35. The Kier molecular flexibility index (Phi) is 3.58. The first-order valence-electron chi connectivity index (χ1n) is 5.44. The zero-order valence-corrected chi connectivity index (χ0v) is 9.35. The lowest BCUT2D eigenvalue weighted by Gasteiger charge is -1.90. The molecule has 0 saturated carbocycles. The van der Waals surface area contributed by atoms with Gasteiger partial charge in [0.15, 0.2) is 0 Å². The molecule has 0 amide bonds. The molecule has 1 aromatic rings. The van der Waals surface area contributed by atoms with Crippen LogP contribution in [0.5, 0.6) is 0 Å². The molecule has 17 heavy (non-hydrogen) atoms. The summed E-state index contributed by atoms with van der Waals surface area (Å²) in [6, 6.07) is 9.38. The Morgan fingerprint density at radius 2 is 1.71 bits per heavy atom. The average Bonchev–Trinajstić information content (AvgIpc) is 2.65. The van der Waals surface area contributed by atoms with Gasteiger partial charge in [0.2, 0.25) is 0 Å². The summed E-state index contributed by atoms with van der Waals surface area (Å²) in [5, 5.41) is 8.68. The second-order valence-corrected chi connectivity index (χ2v) is 3.62. The molecule has 0 aliphatic heterocycles. The van der Waals surface area contributed by atoms with Crippen LogP contribution in [-0.4, -0.2) is 0 Å². The van der Waals surface area contributed by atoms with Gasteiger partial charge in [-0.25, -0.2) is 0 Å². The van der Waals surface area contributed by atoms with Crippen LogP contribution in [0.25, 0.3) is 0 Å². The van der Waals surface area contributed by atoms with Crippen LogP contribution in [0.1, 0.15) is 17.5 Å². The number of nitriles is 1. The van der Waals surface area contributed by atoms with Gasteiger partial charge >= 0.3 is 0 Å². The Labute approximate surface area is 101 Å². The number of benzene rings is 1. The topological polar surface area (TPSA) is 23.8 Å². The lowest BCUT2D eigenvalue weighted by atomic mass is 10.1. The Morgan fingerprint density at radius 3 is 2.47 bits per heavy atom. The number of rotatable bonds is 0. The van der Waals surface area contributed by atoms with Crippen molar-refractivity contribution in [1.82, 2.24) is 0 Å². The van der Waals surface area contributed by atoms with Crippen LogP contribution in [0.4, 0.5) is 0 Å². The van der Waals surface area contributed by atoms with Gasteiger partial charge in [-0.1, -0.05) is 36.1 Å². The highest BCUT2D eigenvalue weighted by Crippen LogP contribution is 2.05. The molecular formula is C16H11N. The minimum atomic E-state index is 0.660. The van der Waals surface area contributed by atoms with Gasteiger partial charge in [-0.05, 0) is 36.8 Å². The summed E-state index contributed by atoms with van der Waals surface area (Å²) in [5.41, 5.74) is 2.61. The molecule has 0 bridgehead atoms. The Hall–Kier alpha value is -2.51. The van der Waals surface area contributed by atoms with E-state index in [9.17, 15) is 0 Å². The Morgan fingerprint density at radius 1 is 0.941 bits per heavy atom. The van der Waals surface area contributed by atoms with Crippen LogP contribution in [-0.2, 0) is 0 Å². The van der Waals surface area contributed by atoms with Gasteiger partial charge in [-0.2, -0.15) is 5.26 Å². The fourth-order valence-electron chi connectivity index (χ4n) is 1.44. The molecule has 1 aliphatic carbocycles. The number of allylic oxidation sites excluding steroid dienone is 6. The Balaban J connectivity index is 2.16. The van der Waals surface area contributed by atoms with Gasteiger partial charge in [0.05, 0.1) is 11.6 Å². The summed E-state index contributed by atoms with van der Waals surface area (Å²) < 4.78 is 0. The van der Waals surface area contributed by atoms with E-state index in [0.717, 1.165) is 17.6 Å². The van der Waals surface area contributed by atoms with E-state index in [1.54, 1.807) is 12.1 Å². The summed E-state index contributed by atoms with van der Waals surface area (Å²) in [7, 11) is 0. The van der Waals surface area contributed by atoms with Crippen LogP contribution in [0.15, 0.2) is 60.2 Å². The molecule has 1 aliphatic rings. The van der Waals surface area contributed by atoms with E-state index in [1.807, 2.05) is 30.4 Å². The van der Waals surface area contributed by atoms with E-state index >= 15 is 0 Å². The molecular weight excluding hydrogens is 206 g/mol. The summed E-state index contributed by atoms with van der Waals surface area (Å²) in [6.07, 6.45) is 11.1. The molecule has 0 fully saturated rings. The van der Waals surface area contributed by atoms with Gasteiger partial charge in [-0.15, -0.1) is 0 Å². The van der Waals surface area contributed by atoms with Crippen LogP contribution in [0.3, 0.4) is 0 Å². The fourth-order valence-corrected chi connectivity index (χ4v) is 1.44. The summed E-state index contributed by atoms with van der Waals surface area (Å²) in [6.45, 7) is 0. The molecule has 1 heteroatoms. The molecule has 0 radical (unpaired) electrons. The van der Waals surface area contributed by atoms with Gasteiger partial charge in [0.1, 0.15) is 0 Å². The van der Waals surface area contributed by atoms with Crippen molar-refractivity contribution in [3.8, 4) is 17.9 Å². The highest BCUT2D eigenvalue weighted by atomic mass is 14.2. The molecule has 0 unspecified atom stereocenters. The van der Waals surface area contributed by atoms with Crippen LogP contribution >= 0.6 is 0 Å². The van der Waals surface area contributed by atoms with E-state index < -0.39 is 0 Å². The molecule has 1 aromatic carbocycles. The number of hydrogen-bond donors (Lipinski definition) is 0. The minimum Gasteiger partial charge on any atom is -0.192 e. The van der Waals surface area contributed by atoms with Crippen molar-refractivity contribution in [2.75, 3.05) is 0 Å². The smallest absolute Gasteiger partial charge is 0.0991 e. The maximum absolute atomic E-state index is 8.68. The van der Waals surface area contributed by atoms with Gasteiger partial charge in [0, 0.05) is 11.1 Å². The quantitative estimate of drug-likeness (QED) is 0.611. The van der Waals surface area contributed by atoms with Gasteiger partial charge in [-0.3, -0.25) is 0 Å². The zero-order chi connectivity index (χ0) is 11.9. The first-order chi connectivity index (χ1) is 8.38. The second kappa shape index (κ2) is 5.54. The minimum absolute atomic E-state index is 0.660. The first kappa shape index (κ1) is 11.0. The van der Waals surface area contributed by atoms with E-state index in [0.29, 0.717) is 5.56 Å². The number of nitrogens with zero attached hydrogens (tertiary/aromatic N) is 1. The molecule has 0 heterocycles. The first-order valence-corrected chi connectivity index (χ1v) is 5.44. The highest BCUT2D eigenvalue weighted by molar-refractivity contribution is 5.47. The lowest BCUT2D eigenvalue weighted by molar-refractivity contribution is 1.39. The van der Waals surface area contributed by atoms with Crippen LogP contribution in [0, 0.1) is 23.2 Å². The molecule has 0 saturated heterocycles. The van der Waals surface area contributed by atoms with Crippen molar-refractivity contribution in [3.05, 3.63) is 71.3 Å². The van der Waals surface area contributed by atoms with E-state index in [1.165, 1.54) is 0 Å². The SMILES string of the molecule is N#Cc1ccc(C#CC2=CCC=CC=C2)cc1. The van der Waals surface area contributed by atoms with Gasteiger partial charge in [0.25, 0.3) is 0 Å². The number of hydrogen-bond acceptors (Lipinski definition) is 1. The molecule has 1 nitrogen and oxygen atoms in total. The second-order valence-electron chi connectivity index (χ2n) is 3.62. The molecule has 0 atom stereocenters. The van der Waals surface area contributed by atoms with Crippen molar-refractivity contribution in [1.29, 1.82) is 5.26 Å². The summed E-state index contributed by atoms with van der Waals surface area (Å²) in [5.74, 6) is 6.20. The van der Waals surface area contributed by atoms with Crippen molar-refractivity contribution in [3.63, 3.8) is 0 Å². The predicted octanol–water partition coefficient (Wildman–Crippen LogP) is 3.35. The molecule has 0 N–H and O–H groups in total. The third kappa shape index (κ3) is 3.23. The Bertz CT molecular complexity index is 581. The highest BCUT2D eigenvalue weighted by Gasteiger charge is 1.90. The molecule has 0 aromatic heterocycles. The van der Waals surface area contributed by atoms with Crippen molar-refractivity contribution >= 4 is 0 Å². The summed E-state index contributed by atoms with van der Waals surface area (Å²) >= 11 is 0. The molecule has 0 spiro atoms. The monoisotopic (exact) mass is 217 g/mol. The predicted molar refractivity (Wildman–Crippen MR) is 69.0 cm³/mol. The molecule has 2 rings (SSSR count). The molecule has 80 valence electrons. The maximum atomic E-state index is 8.68. The van der Waals surface area contributed by atoms with Gasteiger partial charge < -0.3 is 0 Å². The maximum Gasteiger partial charge on any atom is 0.0991 e. The largest absolute Gasteiger partial charge is 0.192 e. The van der Waals surface area contributed by atoms with Crippen molar-refractivity contribution in [2.45, 2.75) is 6.42 Å². The summed E-state index contributed by atoms with van der Waals surface area (Å²) in [4.78, 5) is 0. The fraction of sp³-hybridized carbons (Fsp3) is 0.0625. The third-order valence-electron chi connectivity index (χ3n) is 2.36. The average molecular weight is 217 g/mol. The van der Waals surface area contributed by atoms with Crippen LogP contribution < -0.4 is 0 Å².